The van der Waals surface area contributed by atoms with Crippen molar-refractivity contribution in [1.29, 1.82) is 0 Å². The molecular formula is C16H17FN2O3. The lowest BCUT2D eigenvalue weighted by Crippen LogP contribution is -2.30. The van der Waals surface area contributed by atoms with E-state index in [1.54, 1.807) is 42.7 Å². The molecule has 0 aliphatic rings. The van der Waals surface area contributed by atoms with Crippen LogP contribution < -0.4 is 5.32 Å². The van der Waals surface area contributed by atoms with Crippen molar-refractivity contribution in [1.82, 2.24) is 9.88 Å². The molecule has 2 rings (SSSR count). The lowest BCUT2D eigenvalue weighted by molar-refractivity contribution is -0.139. The number of carbonyl (C=O) groups excluding carboxylic acids is 2. The number of rotatable bonds is 4. The number of aryl methyl sites for hydroxylation is 1. The fraction of sp³-hybridized carbons (Fsp3) is 0.250. The quantitative estimate of drug-likeness (QED) is 0.880. The molecule has 0 aliphatic heterocycles. The average molecular weight is 304 g/mol. The molecular weight excluding hydrogens is 287 g/mol. The molecule has 6 heteroatoms. The molecule has 1 aromatic carbocycles. The third kappa shape index (κ3) is 3.00. The van der Waals surface area contributed by atoms with Crippen molar-refractivity contribution >= 4 is 11.9 Å². The first kappa shape index (κ1) is 15.8. The zero-order chi connectivity index (χ0) is 16.3. The highest BCUT2D eigenvalue weighted by atomic mass is 19.1. The molecule has 116 valence electrons. The molecule has 0 spiro atoms. The van der Waals surface area contributed by atoms with Crippen molar-refractivity contribution in [2.75, 3.05) is 13.7 Å². The van der Waals surface area contributed by atoms with Gasteiger partial charge >= 0.3 is 5.97 Å². The highest BCUT2D eigenvalue weighted by molar-refractivity contribution is 5.97. The molecule has 5 nitrogen and oxygen atoms in total. The molecule has 0 unspecified atom stereocenters. The van der Waals surface area contributed by atoms with Crippen molar-refractivity contribution < 1.29 is 18.7 Å². The van der Waals surface area contributed by atoms with E-state index in [0.29, 0.717) is 16.9 Å². The van der Waals surface area contributed by atoms with Gasteiger partial charge in [-0.15, -0.1) is 0 Å². The maximum Gasteiger partial charge on any atom is 0.325 e. The fourth-order valence-corrected chi connectivity index (χ4v) is 2.32. The first-order valence-electron chi connectivity index (χ1n) is 6.74. The number of esters is 1. The van der Waals surface area contributed by atoms with Crippen molar-refractivity contribution in [3.8, 4) is 5.69 Å². The SMILES string of the molecule is COC(=O)CNC(=O)c1cc(C)n(-c2ccccc2F)c1C. The molecule has 1 amide bonds. The van der Waals surface area contributed by atoms with Gasteiger partial charge in [-0.05, 0) is 32.0 Å². The number of aromatic nitrogens is 1. The number of hydrogen-bond acceptors (Lipinski definition) is 3. The zero-order valence-electron chi connectivity index (χ0n) is 12.6. The molecule has 1 aromatic heterocycles. The molecule has 0 aliphatic carbocycles. The minimum Gasteiger partial charge on any atom is -0.468 e. The van der Waals surface area contributed by atoms with E-state index in [4.69, 9.17) is 0 Å². The van der Waals surface area contributed by atoms with Crippen molar-refractivity contribution in [3.63, 3.8) is 0 Å². The number of nitrogens with one attached hydrogen (secondary N) is 1. The van der Waals surface area contributed by atoms with E-state index in [-0.39, 0.29) is 12.4 Å². The Hall–Kier alpha value is -2.63. The van der Waals surface area contributed by atoms with Gasteiger partial charge in [0.2, 0.25) is 0 Å². The first-order chi connectivity index (χ1) is 10.5. The summed E-state index contributed by atoms with van der Waals surface area (Å²) in [6, 6.07) is 8.01. The smallest absolute Gasteiger partial charge is 0.325 e. The predicted octanol–water partition coefficient (Wildman–Crippen LogP) is 2.14. The van der Waals surface area contributed by atoms with Gasteiger partial charge in [-0.3, -0.25) is 9.59 Å². The highest BCUT2D eigenvalue weighted by Crippen LogP contribution is 2.22. The minimum absolute atomic E-state index is 0.210. The van der Waals surface area contributed by atoms with E-state index >= 15 is 0 Å². The second kappa shape index (κ2) is 6.43. The van der Waals surface area contributed by atoms with Gasteiger partial charge < -0.3 is 14.6 Å². The van der Waals surface area contributed by atoms with Gasteiger partial charge in [-0.1, -0.05) is 12.1 Å². The Bertz CT molecular complexity index is 722. The third-order valence-electron chi connectivity index (χ3n) is 3.39. The van der Waals surface area contributed by atoms with E-state index in [2.05, 4.69) is 10.1 Å². The molecule has 1 N–H and O–H groups in total. The van der Waals surface area contributed by atoms with Crippen molar-refractivity contribution in [3.05, 3.63) is 53.1 Å². The fourth-order valence-electron chi connectivity index (χ4n) is 2.32. The number of carbonyl (C=O) groups is 2. The molecule has 0 saturated carbocycles. The number of halogens is 1. The van der Waals surface area contributed by atoms with Crippen LogP contribution in [-0.4, -0.2) is 30.1 Å². The van der Waals surface area contributed by atoms with E-state index < -0.39 is 11.9 Å². The highest BCUT2D eigenvalue weighted by Gasteiger charge is 2.18. The van der Waals surface area contributed by atoms with Crippen molar-refractivity contribution in [2.24, 2.45) is 0 Å². The number of amides is 1. The van der Waals surface area contributed by atoms with Gasteiger partial charge in [0.1, 0.15) is 12.4 Å². The van der Waals surface area contributed by atoms with Gasteiger partial charge in [-0.2, -0.15) is 0 Å². The first-order valence-corrected chi connectivity index (χ1v) is 6.74. The maximum absolute atomic E-state index is 14.0. The summed E-state index contributed by atoms with van der Waals surface area (Å²) in [7, 11) is 1.25. The van der Waals surface area contributed by atoms with E-state index in [9.17, 15) is 14.0 Å². The average Bonchev–Trinajstić information content (AvgIpc) is 2.80. The van der Waals surface area contributed by atoms with E-state index in [1.807, 2.05) is 0 Å². The van der Waals surface area contributed by atoms with Crippen LogP contribution in [0.2, 0.25) is 0 Å². The predicted molar refractivity (Wildman–Crippen MR) is 79.6 cm³/mol. The Labute approximate surface area is 127 Å². The Balaban J connectivity index is 2.34. The lowest BCUT2D eigenvalue weighted by atomic mass is 10.2. The third-order valence-corrected chi connectivity index (χ3v) is 3.39. The van der Waals surface area contributed by atoms with Crippen LogP contribution >= 0.6 is 0 Å². The monoisotopic (exact) mass is 304 g/mol. The maximum atomic E-state index is 14.0. The minimum atomic E-state index is -0.531. The molecule has 0 fully saturated rings. The molecule has 1 heterocycles. The zero-order valence-corrected chi connectivity index (χ0v) is 12.6. The number of hydrogen-bond donors (Lipinski definition) is 1. The summed E-state index contributed by atoms with van der Waals surface area (Å²) in [5.74, 6) is -1.30. The summed E-state index contributed by atoms with van der Waals surface area (Å²) in [5, 5.41) is 2.48. The van der Waals surface area contributed by atoms with Gasteiger partial charge in [0.25, 0.3) is 5.91 Å². The topological polar surface area (TPSA) is 60.3 Å². The summed E-state index contributed by atoms with van der Waals surface area (Å²) in [6.07, 6.45) is 0. The summed E-state index contributed by atoms with van der Waals surface area (Å²) in [6.45, 7) is 3.31. The second-order valence-corrected chi connectivity index (χ2v) is 4.83. The van der Waals surface area contributed by atoms with Crippen molar-refractivity contribution in [2.45, 2.75) is 13.8 Å². The summed E-state index contributed by atoms with van der Waals surface area (Å²) >= 11 is 0. The summed E-state index contributed by atoms with van der Waals surface area (Å²) in [5.41, 5.74) is 2.10. The van der Waals surface area contributed by atoms with Crippen LogP contribution in [0.3, 0.4) is 0 Å². The van der Waals surface area contributed by atoms with Gasteiger partial charge in [0, 0.05) is 11.4 Å². The van der Waals surface area contributed by atoms with Crippen LogP contribution in [0.4, 0.5) is 4.39 Å². The van der Waals surface area contributed by atoms with Crippen LogP contribution in [0.5, 0.6) is 0 Å². The van der Waals surface area contributed by atoms with E-state index in [1.165, 1.54) is 13.2 Å². The molecule has 0 saturated heterocycles. The Kier molecular flexibility index (Phi) is 4.60. The van der Waals surface area contributed by atoms with Crippen LogP contribution in [0.25, 0.3) is 5.69 Å². The summed E-state index contributed by atoms with van der Waals surface area (Å²) < 4.78 is 20.1. The van der Waals surface area contributed by atoms with Crippen LogP contribution in [0, 0.1) is 19.7 Å². The largest absolute Gasteiger partial charge is 0.468 e. The second-order valence-electron chi connectivity index (χ2n) is 4.83. The lowest BCUT2D eigenvalue weighted by Gasteiger charge is -2.11. The normalized spacial score (nSPS) is 10.4. The van der Waals surface area contributed by atoms with Crippen LogP contribution in [0.1, 0.15) is 21.7 Å². The van der Waals surface area contributed by atoms with Gasteiger partial charge in [0.05, 0.1) is 18.4 Å². The van der Waals surface area contributed by atoms with Crippen LogP contribution in [-0.2, 0) is 9.53 Å². The van der Waals surface area contributed by atoms with E-state index in [0.717, 1.165) is 5.69 Å². The Morgan fingerprint density at radius 1 is 1.27 bits per heavy atom. The Morgan fingerprint density at radius 3 is 2.59 bits per heavy atom. The molecule has 0 bridgehead atoms. The number of ether oxygens (including phenoxy) is 1. The molecule has 2 aromatic rings. The number of para-hydroxylation sites is 1. The summed E-state index contributed by atoms with van der Waals surface area (Å²) in [4.78, 5) is 23.2. The van der Waals surface area contributed by atoms with Crippen LogP contribution in [0.15, 0.2) is 30.3 Å². The van der Waals surface area contributed by atoms with Gasteiger partial charge in [0.15, 0.2) is 0 Å². The molecule has 0 radical (unpaired) electrons. The number of benzene rings is 1. The standard InChI is InChI=1S/C16H17FN2O3/c1-10-8-12(16(21)18-9-15(20)22-3)11(2)19(10)14-7-5-4-6-13(14)17/h4-8H,9H2,1-3H3,(H,18,21). The molecule has 22 heavy (non-hydrogen) atoms. The Morgan fingerprint density at radius 2 is 1.95 bits per heavy atom. The number of nitrogens with zero attached hydrogens (tertiary/aromatic N) is 1. The number of methoxy groups -OCH3 is 1. The van der Waals surface area contributed by atoms with Gasteiger partial charge in [-0.25, -0.2) is 4.39 Å². The molecule has 0 atom stereocenters.